The number of halogens is 2. The standard InChI is InChI=1S/C11H15Cl2NO/c1-7(2)11(15,6-14)9-5-8(12)3-4-10(9)13/h3-5,7,15H,6,14H2,1-2H3. The number of hydrogen-bond acceptors (Lipinski definition) is 2. The number of nitrogens with two attached hydrogens (primary N) is 1. The predicted molar refractivity (Wildman–Crippen MR) is 64.3 cm³/mol. The molecule has 1 aromatic carbocycles. The van der Waals surface area contributed by atoms with E-state index in [9.17, 15) is 5.11 Å². The number of hydrogen-bond donors (Lipinski definition) is 2. The molecular formula is C11H15Cl2NO. The Morgan fingerprint density at radius 2 is 2.00 bits per heavy atom. The van der Waals surface area contributed by atoms with E-state index in [-0.39, 0.29) is 12.5 Å². The summed E-state index contributed by atoms with van der Waals surface area (Å²) >= 11 is 11.9. The van der Waals surface area contributed by atoms with Gasteiger partial charge in [-0.25, -0.2) is 0 Å². The third kappa shape index (κ3) is 2.45. The fourth-order valence-electron chi connectivity index (χ4n) is 1.49. The van der Waals surface area contributed by atoms with E-state index in [4.69, 9.17) is 28.9 Å². The summed E-state index contributed by atoms with van der Waals surface area (Å²) in [6.45, 7) is 3.90. The van der Waals surface area contributed by atoms with Crippen LogP contribution in [0.2, 0.25) is 10.0 Å². The summed E-state index contributed by atoms with van der Waals surface area (Å²) in [4.78, 5) is 0. The fourth-order valence-corrected chi connectivity index (χ4v) is 1.94. The summed E-state index contributed by atoms with van der Waals surface area (Å²) in [7, 11) is 0. The van der Waals surface area contributed by atoms with Crippen LogP contribution in [0.15, 0.2) is 18.2 Å². The molecule has 0 fully saturated rings. The van der Waals surface area contributed by atoms with Crippen LogP contribution in [0.5, 0.6) is 0 Å². The summed E-state index contributed by atoms with van der Waals surface area (Å²) in [6, 6.07) is 5.02. The fraction of sp³-hybridized carbons (Fsp3) is 0.455. The first-order valence-electron chi connectivity index (χ1n) is 4.79. The lowest BCUT2D eigenvalue weighted by atomic mass is 9.83. The molecule has 0 aromatic heterocycles. The molecule has 0 bridgehead atoms. The van der Waals surface area contributed by atoms with Crippen LogP contribution < -0.4 is 5.73 Å². The van der Waals surface area contributed by atoms with Crippen molar-refractivity contribution in [1.82, 2.24) is 0 Å². The van der Waals surface area contributed by atoms with Crippen molar-refractivity contribution in [2.75, 3.05) is 6.54 Å². The molecule has 0 radical (unpaired) electrons. The Hall–Kier alpha value is -0.280. The molecule has 0 aliphatic rings. The SMILES string of the molecule is CC(C)C(O)(CN)c1cc(Cl)ccc1Cl. The van der Waals surface area contributed by atoms with Crippen molar-refractivity contribution >= 4 is 23.2 Å². The van der Waals surface area contributed by atoms with Gasteiger partial charge in [0.15, 0.2) is 0 Å². The maximum atomic E-state index is 10.4. The zero-order chi connectivity index (χ0) is 11.6. The maximum absolute atomic E-state index is 10.4. The van der Waals surface area contributed by atoms with Gasteiger partial charge in [-0.15, -0.1) is 0 Å². The van der Waals surface area contributed by atoms with E-state index in [0.29, 0.717) is 15.6 Å². The number of rotatable bonds is 3. The van der Waals surface area contributed by atoms with Gasteiger partial charge in [0.2, 0.25) is 0 Å². The molecule has 0 amide bonds. The molecule has 3 N–H and O–H groups in total. The van der Waals surface area contributed by atoms with Crippen LogP contribution in [0.4, 0.5) is 0 Å². The molecule has 2 nitrogen and oxygen atoms in total. The van der Waals surface area contributed by atoms with Gasteiger partial charge in [0.05, 0.1) is 0 Å². The topological polar surface area (TPSA) is 46.2 Å². The Bertz CT molecular complexity index is 354. The average molecular weight is 248 g/mol. The Morgan fingerprint density at radius 3 is 2.47 bits per heavy atom. The van der Waals surface area contributed by atoms with E-state index in [1.807, 2.05) is 13.8 Å². The van der Waals surface area contributed by atoms with Gasteiger partial charge in [-0.1, -0.05) is 37.0 Å². The van der Waals surface area contributed by atoms with E-state index in [1.165, 1.54) is 0 Å². The summed E-state index contributed by atoms with van der Waals surface area (Å²) < 4.78 is 0. The molecule has 0 heterocycles. The second kappa shape index (κ2) is 4.71. The summed E-state index contributed by atoms with van der Waals surface area (Å²) in [5.41, 5.74) is 5.08. The highest BCUT2D eigenvalue weighted by atomic mass is 35.5. The van der Waals surface area contributed by atoms with Crippen molar-refractivity contribution in [3.05, 3.63) is 33.8 Å². The molecule has 0 aliphatic carbocycles. The monoisotopic (exact) mass is 247 g/mol. The largest absolute Gasteiger partial charge is 0.384 e. The molecule has 15 heavy (non-hydrogen) atoms. The van der Waals surface area contributed by atoms with Crippen molar-refractivity contribution < 1.29 is 5.11 Å². The van der Waals surface area contributed by atoms with Crippen LogP contribution in [-0.4, -0.2) is 11.7 Å². The van der Waals surface area contributed by atoms with Crippen molar-refractivity contribution in [3.63, 3.8) is 0 Å². The van der Waals surface area contributed by atoms with Gasteiger partial charge >= 0.3 is 0 Å². The number of benzene rings is 1. The van der Waals surface area contributed by atoms with Crippen LogP contribution in [0.3, 0.4) is 0 Å². The van der Waals surface area contributed by atoms with Crippen molar-refractivity contribution in [2.45, 2.75) is 19.4 Å². The maximum Gasteiger partial charge on any atom is 0.106 e. The van der Waals surface area contributed by atoms with Crippen molar-refractivity contribution in [1.29, 1.82) is 0 Å². The van der Waals surface area contributed by atoms with Gasteiger partial charge in [-0.2, -0.15) is 0 Å². The smallest absolute Gasteiger partial charge is 0.106 e. The van der Waals surface area contributed by atoms with E-state index in [0.717, 1.165) is 0 Å². The van der Waals surface area contributed by atoms with E-state index in [1.54, 1.807) is 18.2 Å². The molecule has 1 atom stereocenters. The molecule has 1 aromatic rings. The highest BCUT2D eigenvalue weighted by Gasteiger charge is 2.33. The molecule has 1 rings (SSSR count). The predicted octanol–water partition coefficient (Wildman–Crippen LogP) is 2.80. The molecule has 0 saturated heterocycles. The minimum atomic E-state index is -1.12. The third-order valence-corrected chi connectivity index (χ3v) is 3.23. The first kappa shape index (κ1) is 12.8. The number of aliphatic hydroxyl groups is 1. The summed E-state index contributed by atoms with van der Waals surface area (Å²) in [6.07, 6.45) is 0. The quantitative estimate of drug-likeness (QED) is 0.863. The molecule has 0 spiro atoms. The first-order chi connectivity index (χ1) is 6.91. The van der Waals surface area contributed by atoms with Crippen molar-refractivity contribution in [3.8, 4) is 0 Å². The molecule has 0 aliphatic heterocycles. The van der Waals surface area contributed by atoms with Gasteiger partial charge in [0.1, 0.15) is 5.60 Å². The Balaban J connectivity index is 3.29. The van der Waals surface area contributed by atoms with Gasteiger partial charge in [-0.3, -0.25) is 0 Å². The normalized spacial score (nSPS) is 15.4. The molecular weight excluding hydrogens is 233 g/mol. The minimum absolute atomic E-state index is 0.0292. The van der Waals surface area contributed by atoms with E-state index in [2.05, 4.69) is 0 Å². The highest BCUT2D eigenvalue weighted by molar-refractivity contribution is 6.33. The van der Waals surface area contributed by atoms with Crippen LogP contribution in [0.25, 0.3) is 0 Å². The van der Waals surface area contributed by atoms with Crippen molar-refractivity contribution in [2.24, 2.45) is 11.7 Å². The van der Waals surface area contributed by atoms with E-state index >= 15 is 0 Å². The van der Waals surface area contributed by atoms with Crippen LogP contribution >= 0.6 is 23.2 Å². The third-order valence-electron chi connectivity index (χ3n) is 2.66. The lowest BCUT2D eigenvalue weighted by molar-refractivity contribution is -0.00103. The zero-order valence-electron chi connectivity index (χ0n) is 8.80. The van der Waals surface area contributed by atoms with Crippen LogP contribution in [-0.2, 0) is 5.60 Å². The van der Waals surface area contributed by atoms with Crippen LogP contribution in [0, 0.1) is 5.92 Å². The Labute approximate surface area is 100.0 Å². The van der Waals surface area contributed by atoms with Gasteiger partial charge in [-0.05, 0) is 24.1 Å². The summed E-state index contributed by atoms with van der Waals surface area (Å²) in [5, 5.41) is 11.4. The first-order valence-corrected chi connectivity index (χ1v) is 5.55. The lowest BCUT2D eigenvalue weighted by Crippen LogP contribution is -2.40. The van der Waals surface area contributed by atoms with E-state index < -0.39 is 5.60 Å². The molecule has 1 unspecified atom stereocenters. The summed E-state index contributed by atoms with van der Waals surface area (Å²) in [5.74, 6) is -0.0292. The van der Waals surface area contributed by atoms with Gasteiger partial charge in [0.25, 0.3) is 0 Å². The zero-order valence-corrected chi connectivity index (χ0v) is 10.3. The highest BCUT2D eigenvalue weighted by Crippen LogP contribution is 2.35. The van der Waals surface area contributed by atoms with Crippen LogP contribution in [0.1, 0.15) is 19.4 Å². The average Bonchev–Trinajstić information content (AvgIpc) is 2.20. The van der Waals surface area contributed by atoms with Gasteiger partial charge < -0.3 is 10.8 Å². The lowest BCUT2D eigenvalue weighted by Gasteiger charge is -2.32. The molecule has 4 heteroatoms. The Morgan fingerprint density at radius 1 is 1.40 bits per heavy atom. The molecule has 84 valence electrons. The Kier molecular flexibility index (Phi) is 4.01. The molecule has 0 saturated carbocycles. The second-order valence-electron chi connectivity index (χ2n) is 3.91. The minimum Gasteiger partial charge on any atom is -0.384 e. The second-order valence-corrected chi connectivity index (χ2v) is 4.75. The van der Waals surface area contributed by atoms with Gasteiger partial charge in [0, 0.05) is 22.2 Å².